The number of carbonyl (C=O) groups is 1. The van der Waals surface area contributed by atoms with Gasteiger partial charge in [-0.2, -0.15) is 0 Å². The molecule has 5 nitrogen and oxygen atoms in total. The molecule has 4 rings (SSSR count). The Balaban J connectivity index is 1.79. The Hall–Kier alpha value is -3.03. The van der Waals surface area contributed by atoms with E-state index >= 15 is 0 Å². The number of hydrogen-bond donors (Lipinski definition) is 1. The van der Waals surface area contributed by atoms with Crippen LogP contribution >= 0.6 is 22.7 Å². The van der Waals surface area contributed by atoms with Gasteiger partial charge in [0.05, 0.1) is 32.1 Å². The highest BCUT2D eigenvalue weighted by molar-refractivity contribution is 7.19. The summed E-state index contributed by atoms with van der Waals surface area (Å²) in [6, 6.07) is 14.9. The molecule has 1 N–H and O–H groups in total. The maximum Gasteiger partial charge on any atom is 0.338 e. The SMILES string of the molecule is COC(=O)c1ccccc1/C=c1\s/c(=C/c2nc3ccccc3s2)[nH]c1=O. The molecule has 27 heavy (non-hydrogen) atoms. The van der Waals surface area contributed by atoms with Crippen molar-refractivity contribution in [1.82, 2.24) is 9.97 Å². The predicted molar refractivity (Wildman–Crippen MR) is 109 cm³/mol. The van der Waals surface area contributed by atoms with Crippen LogP contribution in [0.25, 0.3) is 22.4 Å². The molecule has 2 aromatic heterocycles. The normalized spacial score (nSPS) is 12.6. The smallest absolute Gasteiger partial charge is 0.338 e. The fourth-order valence-corrected chi connectivity index (χ4v) is 4.51. The zero-order chi connectivity index (χ0) is 18.8. The molecule has 0 bridgehead atoms. The molecule has 2 heterocycles. The van der Waals surface area contributed by atoms with Crippen LogP contribution in [0.2, 0.25) is 0 Å². The fraction of sp³-hybridized carbons (Fsp3) is 0.0500. The molecule has 0 saturated carbocycles. The average molecular weight is 394 g/mol. The maximum absolute atomic E-state index is 12.3. The van der Waals surface area contributed by atoms with Crippen molar-refractivity contribution in [2.75, 3.05) is 7.11 Å². The third-order valence-corrected chi connectivity index (χ3v) is 5.84. The first-order chi connectivity index (χ1) is 13.1. The van der Waals surface area contributed by atoms with E-state index < -0.39 is 5.97 Å². The van der Waals surface area contributed by atoms with Crippen LogP contribution in [0.5, 0.6) is 0 Å². The minimum absolute atomic E-state index is 0.202. The lowest BCUT2D eigenvalue weighted by molar-refractivity contribution is 0.0600. The second kappa shape index (κ2) is 7.30. The van der Waals surface area contributed by atoms with E-state index in [1.54, 1.807) is 35.6 Å². The third kappa shape index (κ3) is 3.60. The fourth-order valence-electron chi connectivity index (χ4n) is 2.65. The van der Waals surface area contributed by atoms with Crippen LogP contribution in [-0.4, -0.2) is 23.0 Å². The molecule has 0 aliphatic heterocycles. The number of H-pyrrole nitrogens is 1. The van der Waals surface area contributed by atoms with Gasteiger partial charge in [-0.3, -0.25) is 4.79 Å². The molecule has 7 heteroatoms. The summed E-state index contributed by atoms with van der Waals surface area (Å²) in [5, 5.41) is 0.829. The topological polar surface area (TPSA) is 72.0 Å². The molecular weight excluding hydrogens is 380 g/mol. The van der Waals surface area contributed by atoms with Crippen molar-refractivity contribution < 1.29 is 9.53 Å². The molecule has 0 atom stereocenters. The van der Waals surface area contributed by atoms with Gasteiger partial charge in [-0.25, -0.2) is 9.78 Å². The first-order valence-electron chi connectivity index (χ1n) is 8.09. The number of nitrogens with zero attached hydrogens (tertiary/aromatic N) is 1. The summed E-state index contributed by atoms with van der Waals surface area (Å²) in [5.74, 6) is -0.434. The molecular formula is C20H14N2O3S2. The van der Waals surface area contributed by atoms with Gasteiger partial charge in [0.2, 0.25) is 0 Å². The zero-order valence-electron chi connectivity index (χ0n) is 14.3. The molecule has 0 radical (unpaired) electrons. The monoisotopic (exact) mass is 394 g/mol. The van der Waals surface area contributed by atoms with Gasteiger partial charge in [0.1, 0.15) is 5.01 Å². The van der Waals surface area contributed by atoms with Crippen LogP contribution in [0, 0.1) is 0 Å². The van der Waals surface area contributed by atoms with Gasteiger partial charge in [0.15, 0.2) is 0 Å². The highest BCUT2D eigenvalue weighted by Crippen LogP contribution is 2.21. The Morgan fingerprint density at radius 2 is 1.85 bits per heavy atom. The summed E-state index contributed by atoms with van der Waals surface area (Å²) in [6.07, 6.45) is 3.56. The molecule has 0 aliphatic carbocycles. The lowest BCUT2D eigenvalue weighted by atomic mass is 10.1. The third-order valence-electron chi connectivity index (χ3n) is 3.90. The summed E-state index contributed by atoms with van der Waals surface area (Å²) in [7, 11) is 1.34. The average Bonchev–Trinajstić information content (AvgIpc) is 3.24. The Morgan fingerprint density at radius 3 is 2.67 bits per heavy atom. The summed E-state index contributed by atoms with van der Waals surface area (Å²) >= 11 is 2.89. The molecule has 134 valence electrons. The quantitative estimate of drug-likeness (QED) is 0.542. The predicted octanol–water partition coefficient (Wildman–Crippen LogP) is 2.49. The molecule has 0 amide bonds. The molecule has 0 saturated heterocycles. The second-order valence-electron chi connectivity index (χ2n) is 5.67. The number of carbonyl (C=O) groups excluding carboxylic acids is 1. The van der Waals surface area contributed by atoms with Gasteiger partial charge in [-0.15, -0.1) is 22.7 Å². The molecule has 0 unspecified atom stereocenters. The van der Waals surface area contributed by atoms with Crippen LogP contribution in [0.3, 0.4) is 0 Å². The van der Waals surface area contributed by atoms with Gasteiger partial charge < -0.3 is 9.72 Å². The zero-order valence-corrected chi connectivity index (χ0v) is 15.9. The van der Waals surface area contributed by atoms with Crippen molar-refractivity contribution in [3.8, 4) is 0 Å². The van der Waals surface area contributed by atoms with E-state index in [1.165, 1.54) is 18.4 Å². The number of methoxy groups -OCH3 is 1. The van der Waals surface area contributed by atoms with Crippen LogP contribution in [0.15, 0.2) is 53.3 Å². The van der Waals surface area contributed by atoms with E-state index in [4.69, 9.17) is 4.74 Å². The van der Waals surface area contributed by atoms with E-state index in [9.17, 15) is 9.59 Å². The van der Waals surface area contributed by atoms with Crippen molar-refractivity contribution in [3.05, 3.63) is 84.2 Å². The van der Waals surface area contributed by atoms with Crippen LogP contribution in [0.1, 0.15) is 20.9 Å². The minimum atomic E-state index is -0.434. The number of thiazole rings is 2. The number of hydrogen-bond acceptors (Lipinski definition) is 6. The summed E-state index contributed by atoms with van der Waals surface area (Å²) in [5.41, 5.74) is 1.80. The van der Waals surface area contributed by atoms with Crippen LogP contribution in [-0.2, 0) is 4.74 Å². The molecule has 0 aliphatic rings. The van der Waals surface area contributed by atoms with E-state index in [-0.39, 0.29) is 5.56 Å². The lowest BCUT2D eigenvalue weighted by Gasteiger charge is -2.02. The number of para-hydroxylation sites is 1. The standard InChI is InChI=1S/C20H14N2O3S2/c1-25-20(24)13-7-3-2-6-12(13)10-16-19(23)22-18(27-16)11-17-21-14-8-4-5-9-15(14)26-17/h2-11H,1H3,(H,22,23)/b16-10-,18-11+. The van der Waals surface area contributed by atoms with E-state index in [0.717, 1.165) is 15.2 Å². The minimum Gasteiger partial charge on any atom is -0.465 e. The Morgan fingerprint density at radius 1 is 1.07 bits per heavy atom. The Bertz CT molecular complexity index is 1280. The van der Waals surface area contributed by atoms with Gasteiger partial charge in [-0.05, 0) is 29.8 Å². The number of ether oxygens (including phenoxy) is 1. The number of nitrogens with one attached hydrogen (secondary N) is 1. The largest absolute Gasteiger partial charge is 0.465 e. The van der Waals surface area contributed by atoms with Crippen molar-refractivity contribution >= 4 is 51.0 Å². The van der Waals surface area contributed by atoms with E-state index in [1.807, 2.05) is 36.4 Å². The first-order valence-corrected chi connectivity index (χ1v) is 9.73. The van der Waals surface area contributed by atoms with Crippen molar-refractivity contribution in [3.63, 3.8) is 0 Å². The first kappa shape index (κ1) is 17.4. The summed E-state index contributed by atoms with van der Waals surface area (Å²) in [6.45, 7) is 0. The second-order valence-corrected chi connectivity index (χ2v) is 7.82. The number of aromatic nitrogens is 2. The maximum atomic E-state index is 12.3. The number of rotatable bonds is 3. The van der Waals surface area contributed by atoms with Crippen LogP contribution < -0.4 is 14.8 Å². The van der Waals surface area contributed by atoms with Crippen LogP contribution in [0.4, 0.5) is 0 Å². The highest BCUT2D eigenvalue weighted by Gasteiger charge is 2.09. The van der Waals surface area contributed by atoms with E-state index in [2.05, 4.69) is 9.97 Å². The van der Waals surface area contributed by atoms with Crippen molar-refractivity contribution in [2.24, 2.45) is 0 Å². The van der Waals surface area contributed by atoms with Gasteiger partial charge in [0.25, 0.3) is 5.56 Å². The summed E-state index contributed by atoms with van der Waals surface area (Å²) < 4.78 is 7.12. The summed E-state index contributed by atoms with van der Waals surface area (Å²) in [4.78, 5) is 31.6. The molecule has 0 fully saturated rings. The Kier molecular flexibility index (Phi) is 4.70. The van der Waals surface area contributed by atoms with Crippen molar-refractivity contribution in [1.29, 1.82) is 0 Å². The number of benzene rings is 2. The van der Waals surface area contributed by atoms with Crippen molar-refractivity contribution in [2.45, 2.75) is 0 Å². The number of esters is 1. The van der Waals surface area contributed by atoms with Gasteiger partial charge >= 0.3 is 5.97 Å². The van der Waals surface area contributed by atoms with Gasteiger partial charge in [0, 0.05) is 6.08 Å². The molecule has 2 aromatic carbocycles. The van der Waals surface area contributed by atoms with E-state index in [0.29, 0.717) is 20.3 Å². The number of fused-ring (bicyclic) bond motifs is 1. The number of aromatic amines is 1. The molecule has 4 aromatic rings. The lowest BCUT2D eigenvalue weighted by Crippen LogP contribution is -2.20. The highest BCUT2D eigenvalue weighted by atomic mass is 32.1. The van der Waals surface area contributed by atoms with Gasteiger partial charge in [-0.1, -0.05) is 30.3 Å². The molecule has 0 spiro atoms. The Labute approximate surface area is 161 Å².